The van der Waals surface area contributed by atoms with E-state index in [1.807, 2.05) is 48.8 Å². The number of hydrogen-bond acceptors (Lipinski definition) is 6. The molecule has 0 radical (unpaired) electrons. The molecule has 11 heteroatoms. The van der Waals surface area contributed by atoms with Gasteiger partial charge in [-0.15, -0.1) is 0 Å². The maximum Gasteiger partial charge on any atom is 0.319 e. The molecule has 10 nitrogen and oxygen atoms in total. The third-order valence-electron chi connectivity index (χ3n) is 6.24. The molecule has 3 heterocycles. The van der Waals surface area contributed by atoms with Crippen LogP contribution in [-0.2, 0) is 9.59 Å². The monoisotopic (exact) mass is 489 g/mol. The minimum absolute atomic E-state index is 0.00256. The number of amides is 4. The highest BCUT2D eigenvalue weighted by Crippen LogP contribution is 2.27. The van der Waals surface area contributed by atoms with E-state index in [-0.39, 0.29) is 11.8 Å². The molecular weight excluding hydrogens is 458 g/mol. The zero-order valence-corrected chi connectivity index (χ0v) is 20.8. The number of fused-ring (bicyclic) bond motifs is 1. The van der Waals surface area contributed by atoms with Gasteiger partial charge in [-0.1, -0.05) is 32.4 Å². The molecule has 184 valence electrons. The van der Waals surface area contributed by atoms with Gasteiger partial charge in [0.2, 0.25) is 5.91 Å². The van der Waals surface area contributed by atoms with Crippen molar-refractivity contribution in [1.82, 2.24) is 30.0 Å². The third kappa shape index (κ3) is 5.07. The van der Waals surface area contributed by atoms with Crippen molar-refractivity contribution < 1.29 is 14.4 Å². The van der Waals surface area contributed by atoms with Crippen molar-refractivity contribution in [2.24, 2.45) is 5.41 Å². The number of anilines is 1. The molecule has 1 unspecified atom stereocenters. The summed E-state index contributed by atoms with van der Waals surface area (Å²) in [5.74, 6) is -0.131. The van der Waals surface area contributed by atoms with Crippen molar-refractivity contribution in [2.75, 3.05) is 51.9 Å². The van der Waals surface area contributed by atoms with Gasteiger partial charge in [0.15, 0.2) is 0 Å². The summed E-state index contributed by atoms with van der Waals surface area (Å²) >= 11 is 5.90. The second kappa shape index (κ2) is 9.34. The van der Waals surface area contributed by atoms with Gasteiger partial charge in [0.1, 0.15) is 18.4 Å². The number of hydrazine groups is 1. The molecule has 0 spiro atoms. The number of urea groups is 1. The molecule has 4 rings (SSSR count). The minimum Gasteiger partial charge on any atom is -0.361 e. The SMILES string of the molecule is CN1C=C2C(=O)N(N3CCN(C(=O)C(NC(=O)Nc4ccc(Cl)cc4)C(C)(C)C)CC3)CN2C1. The number of nitrogens with zero attached hydrogens (tertiary/aromatic N) is 5. The summed E-state index contributed by atoms with van der Waals surface area (Å²) in [6.45, 7) is 9.08. The van der Waals surface area contributed by atoms with Crippen molar-refractivity contribution in [3.05, 3.63) is 41.2 Å². The van der Waals surface area contributed by atoms with E-state index in [0.29, 0.717) is 55.9 Å². The second-order valence-corrected chi connectivity index (χ2v) is 10.4. The first kappa shape index (κ1) is 24.2. The number of nitrogens with one attached hydrogen (secondary N) is 2. The van der Waals surface area contributed by atoms with E-state index in [9.17, 15) is 14.4 Å². The van der Waals surface area contributed by atoms with Crippen LogP contribution in [0, 0.1) is 5.41 Å². The Kier molecular flexibility index (Phi) is 6.64. The summed E-state index contributed by atoms with van der Waals surface area (Å²) in [7, 11) is 1.95. The van der Waals surface area contributed by atoms with Gasteiger partial charge in [-0.25, -0.2) is 14.8 Å². The number of rotatable bonds is 4. The van der Waals surface area contributed by atoms with Gasteiger partial charge in [0, 0.05) is 50.1 Å². The largest absolute Gasteiger partial charge is 0.361 e. The first-order valence-corrected chi connectivity index (χ1v) is 11.8. The van der Waals surface area contributed by atoms with Crippen LogP contribution in [0.3, 0.4) is 0 Å². The Morgan fingerprint density at radius 2 is 1.68 bits per heavy atom. The molecule has 2 N–H and O–H groups in total. The molecule has 1 aromatic carbocycles. The van der Waals surface area contributed by atoms with Crippen molar-refractivity contribution in [3.8, 4) is 0 Å². The standard InChI is InChI=1S/C23H32ClN7O3/c1-23(2,3)19(26-22(34)25-17-7-5-16(24)6-8-17)21(33)28-9-11-30(12-10-28)31-15-29-14-27(4)13-18(29)20(31)32/h5-8,13,19H,9-12,14-15H2,1-4H3,(H2,25,26,34). The Morgan fingerprint density at radius 1 is 1.03 bits per heavy atom. The predicted molar refractivity (Wildman–Crippen MR) is 129 cm³/mol. The van der Waals surface area contributed by atoms with Crippen LogP contribution in [0.5, 0.6) is 0 Å². The quantitative estimate of drug-likeness (QED) is 0.670. The van der Waals surface area contributed by atoms with Gasteiger partial charge < -0.3 is 25.3 Å². The summed E-state index contributed by atoms with van der Waals surface area (Å²) in [6, 6.07) is 5.63. The van der Waals surface area contributed by atoms with Crippen LogP contribution in [0.2, 0.25) is 5.02 Å². The fourth-order valence-electron chi connectivity index (χ4n) is 4.38. The van der Waals surface area contributed by atoms with Gasteiger partial charge >= 0.3 is 6.03 Å². The number of piperazine rings is 1. The summed E-state index contributed by atoms with van der Waals surface area (Å²) in [4.78, 5) is 44.6. The zero-order valence-electron chi connectivity index (χ0n) is 20.0. The molecule has 0 bridgehead atoms. The van der Waals surface area contributed by atoms with E-state index in [1.54, 1.807) is 34.2 Å². The van der Waals surface area contributed by atoms with Crippen LogP contribution in [0.15, 0.2) is 36.2 Å². The van der Waals surface area contributed by atoms with Crippen LogP contribution in [0.1, 0.15) is 20.8 Å². The van der Waals surface area contributed by atoms with Gasteiger partial charge in [-0.05, 0) is 29.7 Å². The summed E-state index contributed by atoms with van der Waals surface area (Å²) < 4.78 is 0. The van der Waals surface area contributed by atoms with Crippen LogP contribution in [-0.4, -0.2) is 95.2 Å². The number of benzene rings is 1. The first-order chi connectivity index (χ1) is 16.0. The lowest BCUT2D eigenvalue weighted by molar-refractivity contribution is -0.150. The van der Waals surface area contributed by atoms with Crippen molar-refractivity contribution in [3.63, 3.8) is 0 Å². The lowest BCUT2D eigenvalue weighted by Crippen LogP contribution is -2.61. The highest BCUT2D eigenvalue weighted by atomic mass is 35.5. The van der Waals surface area contributed by atoms with Crippen LogP contribution < -0.4 is 10.6 Å². The highest BCUT2D eigenvalue weighted by molar-refractivity contribution is 6.30. The van der Waals surface area contributed by atoms with Gasteiger partial charge in [0.05, 0.1) is 6.67 Å². The molecule has 2 fully saturated rings. The van der Waals surface area contributed by atoms with Crippen LogP contribution in [0.4, 0.5) is 10.5 Å². The molecule has 0 aliphatic carbocycles. The summed E-state index contributed by atoms with van der Waals surface area (Å²) in [5.41, 5.74) is 0.817. The second-order valence-electron chi connectivity index (χ2n) is 9.98. The average Bonchev–Trinajstić information content (AvgIpc) is 3.29. The maximum atomic E-state index is 13.4. The van der Waals surface area contributed by atoms with E-state index in [1.165, 1.54) is 0 Å². The molecule has 3 aliphatic rings. The van der Waals surface area contributed by atoms with Crippen LogP contribution in [0.25, 0.3) is 0 Å². The lowest BCUT2D eigenvalue weighted by Gasteiger charge is -2.41. The Balaban J connectivity index is 1.35. The van der Waals surface area contributed by atoms with Gasteiger partial charge in [-0.2, -0.15) is 0 Å². The fourth-order valence-corrected chi connectivity index (χ4v) is 4.51. The molecule has 0 saturated carbocycles. The zero-order chi connectivity index (χ0) is 24.6. The smallest absolute Gasteiger partial charge is 0.319 e. The molecule has 0 aromatic heterocycles. The van der Waals surface area contributed by atoms with E-state index >= 15 is 0 Å². The Hall–Kier alpha value is -2.98. The van der Waals surface area contributed by atoms with E-state index in [4.69, 9.17) is 11.6 Å². The maximum absolute atomic E-state index is 13.4. The number of hydrogen-bond donors (Lipinski definition) is 2. The minimum atomic E-state index is -0.703. The van der Waals surface area contributed by atoms with E-state index < -0.39 is 17.5 Å². The van der Waals surface area contributed by atoms with Crippen molar-refractivity contribution in [2.45, 2.75) is 26.8 Å². The number of carbonyl (C=O) groups excluding carboxylic acids is 3. The van der Waals surface area contributed by atoms with Gasteiger partial charge in [-0.3, -0.25) is 9.59 Å². The Bertz CT molecular complexity index is 983. The molecule has 4 amide bonds. The molecule has 1 atom stereocenters. The molecule has 3 aliphatic heterocycles. The number of halogens is 1. The van der Waals surface area contributed by atoms with Gasteiger partial charge in [0.25, 0.3) is 5.91 Å². The lowest BCUT2D eigenvalue weighted by atomic mass is 9.85. The van der Waals surface area contributed by atoms with E-state index in [0.717, 1.165) is 0 Å². The Labute approximate surface area is 205 Å². The molecule has 34 heavy (non-hydrogen) atoms. The topological polar surface area (TPSA) is 91.5 Å². The Morgan fingerprint density at radius 3 is 2.26 bits per heavy atom. The van der Waals surface area contributed by atoms with Crippen molar-refractivity contribution >= 4 is 35.1 Å². The third-order valence-corrected chi connectivity index (χ3v) is 6.49. The molecular formula is C23H32ClN7O3. The molecule has 2 saturated heterocycles. The van der Waals surface area contributed by atoms with E-state index in [2.05, 4.69) is 10.6 Å². The summed E-state index contributed by atoms with van der Waals surface area (Å²) in [5, 5.41) is 9.96. The highest BCUT2D eigenvalue weighted by Gasteiger charge is 2.42. The number of carbonyl (C=O) groups is 3. The predicted octanol–water partition coefficient (Wildman–Crippen LogP) is 1.78. The average molecular weight is 490 g/mol. The normalized spacial score (nSPS) is 19.8. The molecule has 1 aromatic rings. The summed E-state index contributed by atoms with van der Waals surface area (Å²) in [6.07, 6.45) is 1.87. The fraction of sp³-hybridized carbons (Fsp3) is 0.522. The van der Waals surface area contributed by atoms with Crippen LogP contribution >= 0.6 is 11.6 Å². The van der Waals surface area contributed by atoms with Crippen molar-refractivity contribution in [1.29, 1.82) is 0 Å². The first-order valence-electron chi connectivity index (χ1n) is 11.4.